The monoisotopic (exact) mass is 997 g/mol. The number of benzene rings is 4. The summed E-state index contributed by atoms with van der Waals surface area (Å²) in [5, 5.41) is 66.3. The number of nitrogens with zero attached hydrogens (tertiary/aromatic N) is 7. The minimum Gasteiger partial charge on any atom is -0.508 e. The normalized spacial score (nSPS) is 15.3. The predicted molar refractivity (Wildman–Crippen MR) is 280 cm³/mol. The van der Waals surface area contributed by atoms with Crippen LogP contribution in [-0.2, 0) is 9.59 Å². The van der Waals surface area contributed by atoms with Gasteiger partial charge in [0.15, 0.2) is 11.7 Å². The van der Waals surface area contributed by atoms with E-state index in [1.165, 1.54) is 42.3 Å². The highest BCUT2D eigenvalue weighted by Crippen LogP contribution is 2.39. The van der Waals surface area contributed by atoms with Crippen LogP contribution in [0.3, 0.4) is 0 Å². The fourth-order valence-corrected chi connectivity index (χ4v) is 9.01. The van der Waals surface area contributed by atoms with Gasteiger partial charge in [-0.15, -0.1) is 0 Å². The number of halogens is 2. The molecule has 1 atom stereocenters. The number of aromatic hydroxyl groups is 4. The van der Waals surface area contributed by atoms with Gasteiger partial charge in [0, 0.05) is 101 Å². The number of hydrogen-bond donors (Lipinski definition) is 9. The fraction of sp³-hybridized carbons (Fsp3) is 0.442. The first-order chi connectivity index (χ1) is 34.1. The maximum Gasteiger partial charge on any atom is 0.287 e. The van der Waals surface area contributed by atoms with Gasteiger partial charge >= 0.3 is 0 Å². The first-order valence-electron chi connectivity index (χ1n) is 24.4. The topological polar surface area (TPSA) is 245 Å². The lowest BCUT2D eigenvalue weighted by Gasteiger charge is -2.37. The van der Waals surface area contributed by atoms with Gasteiger partial charge in [-0.05, 0) is 85.8 Å². The number of phenolic OH excluding ortho intramolecular Hbond substituents is 4. The molecule has 2 heterocycles. The first-order valence-corrected chi connectivity index (χ1v) is 24.4. The molecule has 0 aliphatic carbocycles. The molecular formula is C52H70F2N12O6. The molecule has 20 heteroatoms. The van der Waals surface area contributed by atoms with Crippen molar-refractivity contribution >= 4 is 52.1 Å². The Kier molecular flexibility index (Phi) is 17.7. The number of amidine groups is 3. The second kappa shape index (κ2) is 23.5. The highest BCUT2D eigenvalue weighted by atomic mass is 19.1. The summed E-state index contributed by atoms with van der Waals surface area (Å²) in [5.41, 5.74) is 8.88. The van der Waals surface area contributed by atoms with Crippen LogP contribution in [0.25, 0.3) is 0 Å². The Morgan fingerprint density at radius 2 is 1.19 bits per heavy atom. The number of carbonyl (C=O) groups is 2. The van der Waals surface area contributed by atoms with Crippen LogP contribution in [0.4, 0.5) is 31.5 Å². The van der Waals surface area contributed by atoms with Gasteiger partial charge in [0.1, 0.15) is 46.6 Å². The molecule has 1 unspecified atom stereocenters. The van der Waals surface area contributed by atoms with E-state index in [-0.39, 0.29) is 75.7 Å². The van der Waals surface area contributed by atoms with E-state index in [1.807, 2.05) is 37.5 Å². The highest BCUT2D eigenvalue weighted by Gasteiger charge is 2.33. The second-order valence-electron chi connectivity index (χ2n) is 19.0. The summed E-state index contributed by atoms with van der Waals surface area (Å²) in [7, 11) is 1.44. The van der Waals surface area contributed by atoms with E-state index >= 15 is 8.78 Å². The van der Waals surface area contributed by atoms with Crippen molar-refractivity contribution in [3.05, 3.63) is 94.6 Å². The van der Waals surface area contributed by atoms with Gasteiger partial charge < -0.3 is 56.4 Å². The lowest BCUT2D eigenvalue weighted by molar-refractivity contribution is -0.115. The zero-order chi connectivity index (χ0) is 52.7. The Morgan fingerprint density at radius 3 is 1.71 bits per heavy atom. The lowest BCUT2D eigenvalue weighted by Crippen LogP contribution is -2.49. The molecule has 2 saturated heterocycles. The predicted octanol–water partition coefficient (Wildman–Crippen LogP) is 5.94. The van der Waals surface area contributed by atoms with E-state index in [2.05, 4.69) is 27.4 Å². The van der Waals surface area contributed by atoms with E-state index in [0.29, 0.717) is 62.6 Å². The van der Waals surface area contributed by atoms with E-state index < -0.39 is 47.0 Å². The smallest absolute Gasteiger partial charge is 0.287 e. The van der Waals surface area contributed by atoms with Crippen LogP contribution in [0, 0.1) is 22.5 Å². The molecule has 388 valence electrons. The molecule has 10 N–H and O–H groups in total. The van der Waals surface area contributed by atoms with Crippen LogP contribution in [0.5, 0.6) is 23.0 Å². The molecule has 4 aromatic rings. The van der Waals surface area contributed by atoms with E-state index in [1.54, 1.807) is 32.0 Å². The molecule has 72 heavy (non-hydrogen) atoms. The molecule has 2 fully saturated rings. The summed E-state index contributed by atoms with van der Waals surface area (Å²) >= 11 is 0. The van der Waals surface area contributed by atoms with Crippen molar-refractivity contribution in [2.24, 2.45) is 10.7 Å². The lowest BCUT2D eigenvalue weighted by atomic mass is 9.97. The molecular weight excluding hydrogens is 927 g/mol. The van der Waals surface area contributed by atoms with Crippen molar-refractivity contribution < 1.29 is 38.8 Å². The molecule has 0 saturated carbocycles. The van der Waals surface area contributed by atoms with Gasteiger partial charge in [0.05, 0.1) is 29.2 Å². The van der Waals surface area contributed by atoms with Crippen molar-refractivity contribution in [3.8, 4) is 23.0 Å². The first kappa shape index (κ1) is 54.3. The number of carbonyl (C=O) groups excluding carboxylic acids is 2. The van der Waals surface area contributed by atoms with Gasteiger partial charge in [-0.1, -0.05) is 34.6 Å². The maximum absolute atomic E-state index is 16.3. The van der Waals surface area contributed by atoms with Crippen LogP contribution in [-0.4, -0.2) is 145 Å². The number of phenols is 4. The quantitative estimate of drug-likeness (QED) is 0.0404. The summed E-state index contributed by atoms with van der Waals surface area (Å²) in [6.07, 6.45) is -1.26. The van der Waals surface area contributed by atoms with Gasteiger partial charge in [-0.2, -0.15) is 0 Å². The molecule has 4 aromatic carbocycles. The largest absolute Gasteiger partial charge is 0.508 e. The highest BCUT2D eigenvalue weighted by molar-refractivity contribution is 6.48. The Morgan fingerprint density at radius 1 is 0.694 bits per heavy atom. The third-order valence-corrected chi connectivity index (χ3v) is 13.1. The van der Waals surface area contributed by atoms with Crippen LogP contribution in [0.2, 0.25) is 0 Å². The zero-order valence-electron chi connectivity index (χ0n) is 42.4. The number of likely N-dealkylation sites (N-methyl/N-ethyl adjacent to an activating group) is 2. The Balaban J connectivity index is 1.23. The standard InChI is InChI=1S/C52H70F2N12O6/c1-9-61-16-20-63(21-17-61)42-13-11-34(25-40(42)54)66(48(56)38-27-36(31(4)5)44(68)29-46(38)70)50(52(72)58-8)59-14-15-62-18-22-64(23-19-62)41-12-10-33(24-39(41)53)65(49(57)51(71)60-32(6)7)47(55)37-26-35(30(2)3)43(67)28-45(37)69/h10-13,24-32,48,55,57,67-70H,9,14-23,56H2,1-8H3,(H,58,72)(H,60,71). The number of amides is 2. The van der Waals surface area contributed by atoms with Crippen molar-refractivity contribution in [2.45, 2.75) is 72.5 Å². The summed E-state index contributed by atoms with van der Waals surface area (Å²) in [5.74, 6) is -5.34. The number of hydrogen-bond acceptors (Lipinski definition) is 14. The summed E-state index contributed by atoms with van der Waals surface area (Å²) in [6, 6.07) is 13.7. The fourth-order valence-electron chi connectivity index (χ4n) is 9.01. The molecule has 6 rings (SSSR count). The van der Waals surface area contributed by atoms with Crippen LogP contribution < -0.4 is 36.0 Å². The van der Waals surface area contributed by atoms with E-state index in [9.17, 15) is 30.0 Å². The number of rotatable bonds is 14. The summed E-state index contributed by atoms with van der Waals surface area (Å²) in [4.78, 5) is 42.3. The van der Waals surface area contributed by atoms with Gasteiger partial charge in [-0.3, -0.25) is 35.2 Å². The molecule has 2 aliphatic rings. The average Bonchev–Trinajstić information content (AvgIpc) is 3.33. The Hall–Kier alpha value is -7.03. The third-order valence-electron chi connectivity index (χ3n) is 13.1. The molecule has 0 spiro atoms. The summed E-state index contributed by atoms with van der Waals surface area (Å²) in [6.45, 7) is 18.9. The van der Waals surface area contributed by atoms with Gasteiger partial charge in [-0.25, -0.2) is 8.78 Å². The molecule has 0 bridgehead atoms. The molecule has 2 amide bonds. The van der Waals surface area contributed by atoms with Gasteiger partial charge in [0.25, 0.3) is 11.8 Å². The van der Waals surface area contributed by atoms with Crippen molar-refractivity contribution in [2.75, 3.05) is 98.6 Å². The molecule has 2 aliphatic heterocycles. The Labute approximate surface area is 420 Å². The van der Waals surface area contributed by atoms with Crippen LogP contribution in [0.15, 0.2) is 65.7 Å². The number of nitrogens with one attached hydrogen (secondary N) is 4. The minimum absolute atomic E-state index is 0.00829. The second-order valence-corrected chi connectivity index (χ2v) is 19.0. The van der Waals surface area contributed by atoms with Crippen LogP contribution in [0.1, 0.15) is 88.7 Å². The number of nitrogens with two attached hydrogens (primary N) is 1. The maximum atomic E-state index is 16.3. The third kappa shape index (κ3) is 12.2. The summed E-state index contributed by atoms with van der Waals surface area (Å²) < 4.78 is 32.5. The molecule has 18 nitrogen and oxygen atoms in total. The van der Waals surface area contributed by atoms with Crippen molar-refractivity contribution in [1.29, 1.82) is 10.8 Å². The number of piperazine rings is 2. The van der Waals surface area contributed by atoms with E-state index in [4.69, 9.17) is 21.5 Å². The number of aliphatic imine (C=N–C) groups is 1. The minimum atomic E-state index is -1.26. The Bertz CT molecular complexity index is 2670. The van der Waals surface area contributed by atoms with Gasteiger partial charge in [0.2, 0.25) is 0 Å². The van der Waals surface area contributed by atoms with Crippen molar-refractivity contribution in [1.82, 2.24) is 20.4 Å². The van der Waals surface area contributed by atoms with Crippen LogP contribution >= 0.6 is 0 Å². The van der Waals surface area contributed by atoms with Crippen molar-refractivity contribution in [3.63, 3.8) is 0 Å². The van der Waals surface area contributed by atoms with E-state index in [0.717, 1.165) is 36.7 Å². The molecule has 0 radical (unpaired) electrons. The average molecular weight is 997 g/mol. The molecule has 0 aromatic heterocycles. The number of anilines is 4. The zero-order valence-corrected chi connectivity index (χ0v) is 42.4. The SMILES string of the molecule is CCN1CCN(c2ccc(N(C(=NCCN3CCN(c4ccc(N(C(=N)C(=O)NC(C)C)C(=N)c5cc(C(C)C)c(O)cc5O)cc4F)CC3)C(=O)NC)C(N)c3cc(C(C)C)c(O)cc3O)cc2F)CC1.